The molecule has 1 aliphatic rings. The Kier molecular flexibility index (Phi) is 6.54. The second-order valence-electron chi connectivity index (χ2n) is 6.90. The number of carbonyl (C=O) groups excluding carboxylic acids is 2. The highest BCUT2D eigenvalue weighted by atomic mass is 16.3. The Balaban J connectivity index is 1.41. The third-order valence-electron chi connectivity index (χ3n) is 4.93. The summed E-state index contributed by atoms with van der Waals surface area (Å²) in [7, 11) is 0. The Morgan fingerprint density at radius 1 is 1.11 bits per heavy atom. The standard InChI is InChI=1S/C21H25N3O3/c25-19(14-16-6-2-1-3-7-16)21(27)24-12-9-17(10-13-24)15-23-20(26)18-8-4-5-11-22-18/h1-8,11,17,19,25H,9-10,12-15H2,(H,23,26)/t19-/m0/s1. The first-order valence-corrected chi connectivity index (χ1v) is 9.33. The lowest BCUT2D eigenvalue weighted by Gasteiger charge is -2.33. The predicted molar refractivity (Wildman–Crippen MR) is 102 cm³/mol. The molecule has 0 bridgehead atoms. The molecule has 1 aliphatic heterocycles. The smallest absolute Gasteiger partial charge is 0.269 e. The molecule has 0 spiro atoms. The lowest BCUT2D eigenvalue weighted by molar-refractivity contribution is -0.141. The summed E-state index contributed by atoms with van der Waals surface area (Å²) in [6.45, 7) is 1.79. The van der Waals surface area contributed by atoms with Crippen molar-refractivity contribution in [2.75, 3.05) is 19.6 Å². The molecule has 1 fully saturated rings. The first-order valence-electron chi connectivity index (χ1n) is 9.33. The predicted octanol–water partition coefficient (Wildman–Crippen LogP) is 1.65. The Bertz CT molecular complexity index is 744. The van der Waals surface area contributed by atoms with Gasteiger partial charge >= 0.3 is 0 Å². The van der Waals surface area contributed by atoms with Crippen LogP contribution in [0, 0.1) is 5.92 Å². The van der Waals surface area contributed by atoms with Crippen LogP contribution >= 0.6 is 0 Å². The van der Waals surface area contributed by atoms with Crippen LogP contribution in [0.2, 0.25) is 0 Å². The number of nitrogens with one attached hydrogen (secondary N) is 1. The Labute approximate surface area is 159 Å². The molecule has 1 aromatic heterocycles. The summed E-state index contributed by atoms with van der Waals surface area (Å²) < 4.78 is 0. The summed E-state index contributed by atoms with van der Waals surface area (Å²) in [6, 6.07) is 14.8. The van der Waals surface area contributed by atoms with E-state index in [0.29, 0.717) is 37.7 Å². The number of carbonyl (C=O) groups is 2. The zero-order chi connectivity index (χ0) is 19.1. The average molecular weight is 367 g/mol. The summed E-state index contributed by atoms with van der Waals surface area (Å²) in [5.41, 5.74) is 1.36. The molecule has 3 rings (SSSR count). The Morgan fingerprint density at radius 3 is 2.48 bits per heavy atom. The van der Waals surface area contributed by atoms with Gasteiger partial charge < -0.3 is 15.3 Å². The number of aromatic nitrogens is 1. The van der Waals surface area contributed by atoms with Gasteiger partial charge in [-0.3, -0.25) is 14.6 Å². The van der Waals surface area contributed by atoms with E-state index in [1.807, 2.05) is 30.3 Å². The highest BCUT2D eigenvalue weighted by Crippen LogP contribution is 2.18. The van der Waals surface area contributed by atoms with Gasteiger partial charge in [0.25, 0.3) is 11.8 Å². The van der Waals surface area contributed by atoms with Crippen molar-refractivity contribution in [1.82, 2.24) is 15.2 Å². The summed E-state index contributed by atoms with van der Waals surface area (Å²) in [5, 5.41) is 13.2. The van der Waals surface area contributed by atoms with Gasteiger partial charge in [-0.05, 0) is 36.5 Å². The molecule has 1 saturated heterocycles. The van der Waals surface area contributed by atoms with Crippen molar-refractivity contribution in [3.05, 3.63) is 66.0 Å². The fourth-order valence-electron chi connectivity index (χ4n) is 3.32. The van der Waals surface area contributed by atoms with Gasteiger partial charge in [-0.15, -0.1) is 0 Å². The molecule has 27 heavy (non-hydrogen) atoms. The maximum absolute atomic E-state index is 12.5. The summed E-state index contributed by atoms with van der Waals surface area (Å²) in [4.78, 5) is 30.3. The van der Waals surface area contributed by atoms with Crippen LogP contribution in [0.25, 0.3) is 0 Å². The fourth-order valence-corrected chi connectivity index (χ4v) is 3.32. The number of benzene rings is 1. The van der Waals surface area contributed by atoms with Crippen LogP contribution in [-0.2, 0) is 11.2 Å². The summed E-state index contributed by atoms with van der Waals surface area (Å²) >= 11 is 0. The van der Waals surface area contributed by atoms with E-state index in [4.69, 9.17) is 0 Å². The zero-order valence-electron chi connectivity index (χ0n) is 15.3. The largest absolute Gasteiger partial charge is 0.383 e. The molecule has 0 unspecified atom stereocenters. The number of rotatable bonds is 6. The normalized spacial score (nSPS) is 16.0. The molecular weight excluding hydrogens is 342 g/mol. The van der Waals surface area contributed by atoms with Gasteiger partial charge in [-0.2, -0.15) is 0 Å². The van der Waals surface area contributed by atoms with Gasteiger partial charge in [0.05, 0.1) is 0 Å². The monoisotopic (exact) mass is 367 g/mol. The Hall–Kier alpha value is -2.73. The highest BCUT2D eigenvalue weighted by molar-refractivity contribution is 5.92. The molecule has 0 saturated carbocycles. The lowest BCUT2D eigenvalue weighted by atomic mass is 9.96. The van der Waals surface area contributed by atoms with Crippen molar-refractivity contribution < 1.29 is 14.7 Å². The Morgan fingerprint density at radius 2 is 1.81 bits per heavy atom. The van der Waals surface area contributed by atoms with Crippen LogP contribution in [0.5, 0.6) is 0 Å². The van der Waals surface area contributed by atoms with Crippen LogP contribution in [0.3, 0.4) is 0 Å². The first-order chi connectivity index (χ1) is 13.1. The number of likely N-dealkylation sites (tertiary alicyclic amines) is 1. The van der Waals surface area contributed by atoms with Crippen molar-refractivity contribution in [3.8, 4) is 0 Å². The van der Waals surface area contributed by atoms with E-state index in [1.165, 1.54) is 0 Å². The van der Waals surface area contributed by atoms with Crippen molar-refractivity contribution >= 4 is 11.8 Å². The topological polar surface area (TPSA) is 82.5 Å². The van der Waals surface area contributed by atoms with E-state index in [2.05, 4.69) is 10.3 Å². The second kappa shape index (κ2) is 9.28. The van der Waals surface area contributed by atoms with Crippen molar-refractivity contribution in [2.24, 2.45) is 5.92 Å². The zero-order valence-corrected chi connectivity index (χ0v) is 15.3. The van der Waals surface area contributed by atoms with Crippen LogP contribution in [0.4, 0.5) is 0 Å². The molecule has 2 heterocycles. The number of hydrogen-bond acceptors (Lipinski definition) is 4. The molecule has 6 nitrogen and oxygen atoms in total. The fraction of sp³-hybridized carbons (Fsp3) is 0.381. The van der Waals surface area contributed by atoms with Gasteiger partial charge in [0.2, 0.25) is 0 Å². The van der Waals surface area contributed by atoms with Crippen molar-refractivity contribution in [3.63, 3.8) is 0 Å². The molecule has 0 radical (unpaired) electrons. The van der Waals surface area contributed by atoms with Crippen molar-refractivity contribution in [1.29, 1.82) is 0 Å². The molecule has 2 aromatic rings. The van der Waals surface area contributed by atoms with E-state index in [-0.39, 0.29) is 11.8 Å². The number of aliphatic hydroxyl groups is 1. The van der Waals surface area contributed by atoms with E-state index in [9.17, 15) is 14.7 Å². The van der Waals surface area contributed by atoms with Crippen molar-refractivity contribution in [2.45, 2.75) is 25.4 Å². The van der Waals surface area contributed by atoms with E-state index in [0.717, 1.165) is 18.4 Å². The second-order valence-corrected chi connectivity index (χ2v) is 6.90. The van der Waals surface area contributed by atoms with Crippen LogP contribution in [0.15, 0.2) is 54.7 Å². The average Bonchev–Trinajstić information content (AvgIpc) is 2.73. The number of nitrogens with zero attached hydrogens (tertiary/aromatic N) is 2. The third kappa shape index (κ3) is 5.37. The minimum Gasteiger partial charge on any atom is -0.383 e. The number of aliphatic hydroxyl groups excluding tert-OH is 1. The van der Waals surface area contributed by atoms with Crippen LogP contribution < -0.4 is 5.32 Å². The molecule has 2 N–H and O–H groups in total. The molecular formula is C21H25N3O3. The van der Waals surface area contributed by atoms with Crippen LogP contribution in [-0.4, -0.2) is 52.5 Å². The minimum absolute atomic E-state index is 0.174. The van der Waals surface area contributed by atoms with Gasteiger partial charge in [0, 0.05) is 32.3 Å². The summed E-state index contributed by atoms with van der Waals surface area (Å²) in [6.07, 6.45) is 2.55. The number of piperidine rings is 1. The molecule has 1 atom stereocenters. The van der Waals surface area contributed by atoms with Gasteiger partial charge in [0.1, 0.15) is 11.8 Å². The van der Waals surface area contributed by atoms with Gasteiger partial charge in [-0.1, -0.05) is 36.4 Å². The lowest BCUT2D eigenvalue weighted by Crippen LogP contribution is -2.46. The highest BCUT2D eigenvalue weighted by Gasteiger charge is 2.27. The molecule has 2 amide bonds. The molecule has 6 heteroatoms. The van der Waals surface area contributed by atoms with E-state index in [1.54, 1.807) is 29.3 Å². The minimum atomic E-state index is -1.01. The maximum Gasteiger partial charge on any atom is 0.269 e. The van der Waals surface area contributed by atoms with Gasteiger partial charge in [-0.25, -0.2) is 0 Å². The SMILES string of the molecule is O=C(NCC1CCN(C(=O)[C@@H](O)Cc2ccccc2)CC1)c1ccccn1. The summed E-state index contributed by atoms with van der Waals surface area (Å²) in [5.74, 6) is -0.0600. The number of pyridine rings is 1. The third-order valence-corrected chi connectivity index (χ3v) is 4.93. The van der Waals surface area contributed by atoms with E-state index >= 15 is 0 Å². The molecule has 142 valence electrons. The van der Waals surface area contributed by atoms with Gasteiger partial charge in [0.15, 0.2) is 0 Å². The molecule has 0 aliphatic carbocycles. The number of hydrogen-bond donors (Lipinski definition) is 2. The quantitative estimate of drug-likeness (QED) is 0.813. The van der Waals surface area contributed by atoms with Crippen LogP contribution in [0.1, 0.15) is 28.9 Å². The maximum atomic E-state index is 12.5. The number of amides is 2. The van der Waals surface area contributed by atoms with E-state index < -0.39 is 6.10 Å². The first kappa shape index (κ1) is 19.0. The molecule has 1 aromatic carbocycles.